The summed E-state index contributed by atoms with van der Waals surface area (Å²) in [6, 6.07) is 0. The van der Waals surface area contributed by atoms with Crippen molar-refractivity contribution in [3.63, 3.8) is 0 Å². The molecule has 0 bridgehead atoms. The van der Waals surface area contributed by atoms with Crippen molar-refractivity contribution in [3.8, 4) is 0 Å². The Morgan fingerprint density at radius 2 is 2.18 bits per heavy atom. The zero-order valence-electron chi connectivity index (χ0n) is 6.37. The minimum absolute atomic E-state index is 0.342. The Bertz CT molecular complexity index is 248. The van der Waals surface area contributed by atoms with Crippen LogP contribution in [0.5, 0.6) is 0 Å². The molecule has 0 aliphatic carbocycles. The zero-order valence-corrected chi connectivity index (χ0v) is 6.37. The molecule has 0 amide bonds. The number of aryl methyl sites for hydroxylation is 1. The van der Waals surface area contributed by atoms with Crippen molar-refractivity contribution in [2.45, 2.75) is 19.8 Å². The molecular weight excluding hydrogens is 140 g/mol. The molecule has 0 aromatic carbocycles. The molecule has 0 fully saturated rings. The van der Waals surface area contributed by atoms with Gasteiger partial charge in [-0.05, 0) is 6.42 Å². The Morgan fingerprint density at radius 1 is 1.45 bits per heavy atom. The number of hydrogen-bond acceptors (Lipinski definition) is 3. The Labute approximate surface area is 65.5 Å². The van der Waals surface area contributed by atoms with Gasteiger partial charge < -0.3 is 0 Å². The second-order valence-electron chi connectivity index (χ2n) is 2.20. The molecule has 1 rings (SSSR count). The van der Waals surface area contributed by atoms with Gasteiger partial charge in [-0.25, -0.2) is 4.98 Å². The summed E-state index contributed by atoms with van der Waals surface area (Å²) in [6.45, 7) is 2.03. The second kappa shape index (κ2) is 3.81. The number of hydrogen-bond donors (Lipinski definition) is 0. The standard InChI is InChI=1S/C8H9N2O/c1-2-3-7-8(6-11)10-5-4-9-7/h4-5H,2-3H2,1H3. The Kier molecular flexibility index (Phi) is 2.72. The average Bonchev–Trinajstić information content (AvgIpc) is 2.06. The van der Waals surface area contributed by atoms with Crippen molar-refractivity contribution in [2.75, 3.05) is 0 Å². The van der Waals surface area contributed by atoms with Gasteiger partial charge >= 0.3 is 0 Å². The van der Waals surface area contributed by atoms with Crippen LogP contribution < -0.4 is 0 Å². The highest BCUT2D eigenvalue weighted by atomic mass is 16.1. The van der Waals surface area contributed by atoms with Gasteiger partial charge in [0.2, 0.25) is 0 Å². The minimum atomic E-state index is 0.342. The first-order chi connectivity index (χ1) is 5.38. The minimum Gasteiger partial charge on any atom is -0.283 e. The van der Waals surface area contributed by atoms with E-state index in [0.717, 1.165) is 18.5 Å². The van der Waals surface area contributed by atoms with E-state index in [-0.39, 0.29) is 0 Å². The first-order valence-electron chi connectivity index (χ1n) is 3.56. The Hall–Kier alpha value is -1.25. The monoisotopic (exact) mass is 149 g/mol. The van der Waals surface area contributed by atoms with Crippen LogP contribution in [0.2, 0.25) is 0 Å². The van der Waals surface area contributed by atoms with E-state index >= 15 is 0 Å². The van der Waals surface area contributed by atoms with Crippen molar-refractivity contribution in [1.82, 2.24) is 9.97 Å². The van der Waals surface area contributed by atoms with E-state index in [4.69, 9.17) is 0 Å². The first kappa shape index (κ1) is 7.85. The van der Waals surface area contributed by atoms with Gasteiger partial charge in [0.15, 0.2) is 0 Å². The fourth-order valence-corrected chi connectivity index (χ4v) is 0.872. The van der Waals surface area contributed by atoms with Gasteiger partial charge in [-0.1, -0.05) is 13.3 Å². The third-order valence-corrected chi connectivity index (χ3v) is 1.36. The summed E-state index contributed by atoms with van der Waals surface area (Å²) < 4.78 is 0. The predicted octanol–water partition coefficient (Wildman–Crippen LogP) is 0.887. The maximum absolute atomic E-state index is 10.3. The largest absolute Gasteiger partial charge is 0.283 e. The van der Waals surface area contributed by atoms with Crippen LogP contribution in [0.1, 0.15) is 24.7 Å². The highest BCUT2D eigenvalue weighted by molar-refractivity contribution is 5.73. The molecule has 1 aromatic rings. The quantitative estimate of drug-likeness (QED) is 0.640. The third-order valence-electron chi connectivity index (χ3n) is 1.36. The summed E-state index contributed by atoms with van der Waals surface area (Å²) in [6.07, 6.45) is 6.60. The molecule has 0 atom stereocenters. The smallest absolute Gasteiger partial charge is 0.255 e. The van der Waals surface area contributed by atoms with Gasteiger partial charge in [0.1, 0.15) is 5.69 Å². The summed E-state index contributed by atoms with van der Waals surface area (Å²) in [4.78, 5) is 18.1. The molecule has 0 saturated carbocycles. The lowest BCUT2D eigenvalue weighted by atomic mass is 10.2. The van der Waals surface area contributed by atoms with Crippen molar-refractivity contribution in [1.29, 1.82) is 0 Å². The van der Waals surface area contributed by atoms with Crippen molar-refractivity contribution in [3.05, 3.63) is 23.8 Å². The molecule has 0 aliphatic rings. The molecule has 0 spiro atoms. The van der Waals surface area contributed by atoms with Crippen LogP contribution in [0, 0.1) is 0 Å². The SMILES string of the molecule is CCCc1nccnc1[C]=O. The molecule has 57 valence electrons. The Balaban J connectivity index is 2.92. The Morgan fingerprint density at radius 3 is 2.82 bits per heavy atom. The molecule has 0 N–H and O–H groups in total. The summed E-state index contributed by atoms with van der Waals surface area (Å²) >= 11 is 0. The van der Waals surface area contributed by atoms with E-state index in [0.29, 0.717) is 5.69 Å². The maximum atomic E-state index is 10.3. The molecule has 0 unspecified atom stereocenters. The highest BCUT2D eigenvalue weighted by Gasteiger charge is 2.01. The second-order valence-corrected chi connectivity index (χ2v) is 2.20. The van der Waals surface area contributed by atoms with Crippen molar-refractivity contribution >= 4 is 6.29 Å². The van der Waals surface area contributed by atoms with Gasteiger partial charge in [0.05, 0.1) is 5.69 Å². The molecule has 0 saturated heterocycles. The molecule has 11 heavy (non-hydrogen) atoms. The zero-order chi connectivity index (χ0) is 8.10. The average molecular weight is 149 g/mol. The topological polar surface area (TPSA) is 42.9 Å². The molecule has 3 heteroatoms. The van der Waals surface area contributed by atoms with E-state index < -0.39 is 0 Å². The van der Waals surface area contributed by atoms with Crippen LogP contribution in [-0.4, -0.2) is 16.3 Å². The van der Waals surface area contributed by atoms with Crippen LogP contribution >= 0.6 is 0 Å². The van der Waals surface area contributed by atoms with Crippen molar-refractivity contribution in [2.24, 2.45) is 0 Å². The van der Waals surface area contributed by atoms with Gasteiger partial charge in [0.25, 0.3) is 6.29 Å². The van der Waals surface area contributed by atoms with E-state index in [1.165, 1.54) is 6.20 Å². The van der Waals surface area contributed by atoms with Crippen molar-refractivity contribution < 1.29 is 4.79 Å². The van der Waals surface area contributed by atoms with Crippen LogP contribution in [-0.2, 0) is 11.2 Å². The third kappa shape index (κ3) is 1.83. The fraction of sp³-hybridized carbons (Fsp3) is 0.375. The molecule has 1 radical (unpaired) electrons. The number of aromatic nitrogens is 2. The molecular formula is C8H9N2O. The summed E-state index contributed by atoms with van der Waals surface area (Å²) in [5.41, 5.74) is 1.08. The normalized spacial score (nSPS) is 9.55. The molecule has 3 nitrogen and oxygen atoms in total. The van der Waals surface area contributed by atoms with Crippen LogP contribution in [0.15, 0.2) is 12.4 Å². The molecule has 0 aliphatic heterocycles. The van der Waals surface area contributed by atoms with Crippen LogP contribution in [0.4, 0.5) is 0 Å². The lowest BCUT2D eigenvalue weighted by Crippen LogP contribution is -1.98. The van der Waals surface area contributed by atoms with E-state index in [9.17, 15) is 4.79 Å². The van der Waals surface area contributed by atoms with Crippen LogP contribution in [0.25, 0.3) is 0 Å². The lowest BCUT2D eigenvalue weighted by molar-refractivity contribution is 0.560. The number of nitrogens with zero attached hydrogens (tertiary/aromatic N) is 2. The van der Waals surface area contributed by atoms with Crippen LogP contribution in [0.3, 0.4) is 0 Å². The summed E-state index contributed by atoms with van der Waals surface area (Å²) in [5.74, 6) is 0. The molecule has 1 aromatic heterocycles. The highest BCUT2D eigenvalue weighted by Crippen LogP contribution is 2.00. The van der Waals surface area contributed by atoms with Gasteiger partial charge in [0, 0.05) is 12.4 Å². The number of rotatable bonds is 3. The molecule has 1 heterocycles. The lowest BCUT2D eigenvalue weighted by Gasteiger charge is -1.97. The summed E-state index contributed by atoms with van der Waals surface area (Å²) in [7, 11) is 0. The van der Waals surface area contributed by atoms with Gasteiger partial charge in [-0.3, -0.25) is 9.78 Å². The van der Waals surface area contributed by atoms with Gasteiger partial charge in [-0.15, -0.1) is 0 Å². The van der Waals surface area contributed by atoms with E-state index in [1.54, 1.807) is 12.5 Å². The number of carbonyl (C=O) groups excluding carboxylic acids is 1. The van der Waals surface area contributed by atoms with Gasteiger partial charge in [-0.2, -0.15) is 0 Å². The first-order valence-corrected chi connectivity index (χ1v) is 3.56. The van der Waals surface area contributed by atoms with E-state index in [1.807, 2.05) is 6.92 Å². The fourth-order valence-electron chi connectivity index (χ4n) is 0.872. The predicted molar refractivity (Wildman–Crippen MR) is 40.8 cm³/mol. The summed E-state index contributed by atoms with van der Waals surface area (Å²) in [5, 5.41) is 0. The van der Waals surface area contributed by atoms with E-state index in [2.05, 4.69) is 9.97 Å². The maximum Gasteiger partial charge on any atom is 0.255 e.